The predicted octanol–water partition coefficient (Wildman–Crippen LogP) is 5.49. The second-order valence-electron chi connectivity index (χ2n) is 7.18. The van der Waals surface area contributed by atoms with Gasteiger partial charge in [-0.25, -0.2) is 9.97 Å². The fourth-order valence-corrected chi connectivity index (χ4v) is 5.11. The minimum absolute atomic E-state index is 0.251. The molecular formula is C23H21F2N5O4S2. The Kier molecular flexibility index (Phi) is 7.50. The molecule has 0 aliphatic carbocycles. The van der Waals surface area contributed by atoms with E-state index < -0.39 is 12.3 Å². The maximum atomic E-state index is 12.6. The van der Waals surface area contributed by atoms with E-state index in [-0.39, 0.29) is 5.69 Å². The van der Waals surface area contributed by atoms with E-state index in [1.165, 1.54) is 50.1 Å². The molecule has 2 aromatic carbocycles. The third-order valence-corrected chi connectivity index (χ3v) is 6.87. The molecule has 36 heavy (non-hydrogen) atoms. The molecule has 0 aliphatic heterocycles. The van der Waals surface area contributed by atoms with Gasteiger partial charge in [-0.05, 0) is 12.1 Å². The molecule has 13 heteroatoms. The topological polar surface area (TPSA) is 121 Å². The average Bonchev–Trinajstić information content (AvgIpc) is 3.50. The fourth-order valence-electron chi connectivity index (χ4n) is 3.28. The molecule has 0 radical (unpaired) electrons. The lowest BCUT2D eigenvalue weighted by molar-refractivity contribution is -0.126. The summed E-state index contributed by atoms with van der Waals surface area (Å²) in [5, 5.41) is 8.36. The van der Waals surface area contributed by atoms with Crippen LogP contribution in [-0.2, 0) is 4.79 Å². The first-order valence-corrected chi connectivity index (χ1v) is 12.0. The highest BCUT2D eigenvalue weighted by molar-refractivity contribution is 7.23. The van der Waals surface area contributed by atoms with E-state index in [0.717, 1.165) is 0 Å². The summed E-state index contributed by atoms with van der Waals surface area (Å²) >= 11 is 2.68. The quantitative estimate of drug-likeness (QED) is 0.258. The number of nitrogens with one attached hydrogen (secondary N) is 2. The summed E-state index contributed by atoms with van der Waals surface area (Å²) in [6.45, 7) is 0. The van der Waals surface area contributed by atoms with Crippen LogP contribution in [0, 0.1) is 0 Å². The minimum Gasteiger partial charge on any atom is -0.493 e. The van der Waals surface area contributed by atoms with Gasteiger partial charge in [0.15, 0.2) is 16.6 Å². The molecule has 0 spiro atoms. The van der Waals surface area contributed by atoms with Gasteiger partial charge >= 0.3 is 6.43 Å². The van der Waals surface area contributed by atoms with E-state index in [9.17, 15) is 13.6 Å². The number of halogens is 2. The van der Waals surface area contributed by atoms with Crippen LogP contribution in [0.5, 0.6) is 17.2 Å². The standard InChI is InChI=1S/C23H21F2N5O4S2/c1-32-15-8-13(9-16(33-2)17(15)34-3)28-23-30-20(26)18(36-23)22-29-14(10-35-22)11-5-4-6-12(7-11)27-21(31)19(24)25/h4-10,19H,26H2,1-3H3,(H,27,31)(H,28,30). The minimum atomic E-state index is -3.10. The molecule has 0 fully saturated rings. The number of carbonyl (C=O) groups excluding carboxylic acids is 1. The van der Waals surface area contributed by atoms with E-state index in [1.807, 2.05) is 5.38 Å². The number of rotatable bonds is 9. The third kappa shape index (κ3) is 5.31. The predicted molar refractivity (Wildman–Crippen MR) is 137 cm³/mol. The molecule has 0 bridgehead atoms. The molecule has 0 aliphatic rings. The number of methoxy groups -OCH3 is 3. The number of ether oxygens (including phenoxy) is 3. The van der Waals surface area contributed by atoms with Crippen LogP contribution in [0.1, 0.15) is 0 Å². The van der Waals surface area contributed by atoms with Crippen LogP contribution < -0.4 is 30.6 Å². The van der Waals surface area contributed by atoms with Crippen molar-refractivity contribution in [3.8, 4) is 38.4 Å². The number of benzene rings is 2. The van der Waals surface area contributed by atoms with Crippen molar-refractivity contribution in [2.45, 2.75) is 6.43 Å². The summed E-state index contributed by atoms with van der Waals surface area (Å²) in [6.07, 6.45) is -3.10. The summed E-state index contributed by atoms with van der Waals surface area (Å²) in [5.41, 5.74) is 8.35. The van der Waals surface area contributed by atoms with Crippen LogP contribution in [0.4, 0.5) is 31.1 Å². The highest BCUT2D eigenvalue weighted by Gasteiger charge is 2.19. The number of aromatic nitrogens is 2. The Morgan fingerprint density at radius 1 is 1.03 bits per heavy atom. The number of nitrogen functional groups attached to an aromatic ring is 1. The van der Waals surface area contributed by atoms with Crippen molar-refractivity contribution in [3.63, 3.8) is 0 Å². The van der Waals surface area contributed by atoms with E-state index in [4.69, 9.17) is 19.9 Å². The Morgan fingerprint density at radius 2 is 1.75 bits per heavy atom. The van der Waals surface area contributed by atoms with E-state index >= 15 is 0 Å². The van der Waals surface area contributed by atoms with Gasteiger partial charge in [0, 0.05) is 34.5 Å². The fraction of sp³-hybridized carbons (Fsp3) is 0.174. The molecule has 0 unspecified atom stereocenters. The monoisotopic (exact) mass is 533 g/mol. The molecule has 2 heterocycles. The lowest BCUT2D eigenvalue weighted by Crippen LogP contribution is -2.19. The van der Waals surface area contributed by atoms with Crippen molar-refractivity contribution in [1.29, 1.82) is 0 Å². The zero-order chi connectivity index (χ0) is 25.8. The van der Waals surface area contributed by atoms with E-state index in [2.05, 4.69) is 20.6 Å². The lowest BCUT2D eigenvalue weighted by atomic mass is 10.1. The van der Waals surface area contributed by atoms with Gasteiger partial charge in [0.25, 0.3) is 5.91 Å². The highest BCUT2D eigenvalue weighted by atomic mass is 32.1. The Bertz CT molecular complexity index is 1370. The smallest absolute Gasteiger partial charge is 0.315 e. The number of thiazole rings is 2. The molecule has 0 saturated carbocycles. The maximum absolute atomic E-state index is 12.6. The number of carbonyl (C=O) groups is 1. The van der Waals surface area contributed by atoms with Crippen LogP contribution in [0.15, 0.2) is 41.8 Å². The van der Waals surface area contributed by atoms with Crippen LogP contribution in [0.3, 0.4) is 0 Å². The maximum Gasteiger partial charge on any atom is 0.315 e. The molecule has 188 valence electrons. The summed E-state index contributed by atoms with van der Waals surface area (Å²) in [5.74, 6) is 0.379. The third-order valence-electron chi connectivity index (χ3n) is 4.89. The summed E-state index contributed by atoms with van der Waals surface area (Å²) in [7, 11) is 4.59. The van der Waals surface area contributed by atoms with Crippen molar-refractivity contribution in [2.75, 3.05) is 37.7 Å². The second kappa shape index (κ2) is 10.7. The average molecular weight is 534 g/mol. The summed E-state index contributed by atoms with van der Waals surface area (Å²) in [6, 6.07) is 10.0. The lowest BCUT2D eigenvalue weighted by Gasteiger charge is -2.14. The second-order valence-corrected chi connectivity index (χ2v) is 9.04. The molecule has 4 aromatic rings. The van der Waals surface area contributed by atoms with Gasteiger partial charge < -0.3 is 30.6 Å². The van der Waals surface area contributed by atoms with Crippen LogP contribution in [-0.4, -0.2) is 43.6 Å². The number of hydrogen-bond donors (Lipinski definition) is 3. The first-order chi connectivity index (χ1) is 17.3. The van der Waals surface area contributed by atoms with Crippen molar-refractivity contribution >= 4 is 50.9 Å². The Hall–Kier alpha value is -3.97. The highest BCUT2D eigenvalue weighted by Crippen LogP contribution is 2.43. The molecule has 1 amide bonds. The molecule has 0 atom stereocenters. The number of anilines is 4. The molecule has 4 N–H and O–H groups in total. The molecule has 0 saturated heterocycles. The molecule has 4 rings (SSSR count). The van der Waals surface area contributed by atoms with Gasteiger partial charge in [0.2, 0.25) is 5.75 Å². The Labute approximate surface area is 212 Å². The molecular weight excluding hydrogens is 512 g/mol. The zero-order valence-corrected chi connectivity index (χ0v) is 20.9. The molecule has 9 nitrogen and oxygen atoms in total. The first-order valence-electron chi connectivity index (χ1n) is 10.3. The Balaban J connectivity index is 1.57. The van der Waals surface area contributed by atoms with Crippen molar-refractivity contribution in [3.05, 3.63) is 41.8 Å². The normalized spacial score (nSPS) is 10.8. The summed E-state index contributed by atoms with van der Waals surface area (Å²) < 4.78 is 41.2. The number of alkyl halides is 2. The van der Waals surface area contributed by atoms with Crippen molar-refractivity contribution in [1.82, 2.24) is 9.97 Å². The summed E-state index contributed by atoms with van der Waals surface area (Å²) in [4.78, 5) is 21.0. The number of nitrogens with zero attached hydrogens (tertiary/aromatic N) is 2. The van der Waals surface area contributed by atoms with Crippen LogP contribution in [0.2, 0.25) is 0 Å². The van der Waals surface area contributed by atoms with Crippen molar-refractivity contribution < 1.29 is 27.8 Å². The van der Waals surface area contributed by atoms with E-state index in [0.29, 0.717) is 55.0 Å². The van der Waals surface area contributed by atoms with Gasteiger partial charge in [-0.3, -0.25) is 4.79 Å². The van der Waals surface area contributed by atoms with Crippen LogP contribution in [0.25, 0.3) is 21.1 Å². The van der Waals surface area contributed by atoms with Gasteiger partial charge in [-0.2, -0.15) is 8.78 Å². The number of nitrogens with two attached hydrogens (primary N) is 1. The number of hydrogen-bond acceptors (Lipinski definition) is 10. The first kappa shape index (κ1) is 25.1. The van der Waals surface area contributed by atoms with Gasteiger partial charge in [0.05, 0.1) is 27.0 Å². The SMILES string of the molecule is COc1cc(Nc2nc(N)c(-c3nc(-c4cccc(NC(=O)C(F)F)c4)cs3)s2)cc(OC)c1OC. The van der Waals surface area contributed by atoms with Crippen molar-refractivity contribution in [2.24, 2.45) is 0 Å². The number of amides is 1. The molecule has 2 aromatic heterocycles. The Morgan fingerprint density at radius 3 is 2.39 bits per heavy atom. The van der Waals surface area contributed by atoms with Crippen LogP contribution >= 0.6 is 22.7 Å². The zero-order valence-electron chi connectivity index (χ0n) is 19.3. The van der Waals surface area contributed by atoms with E-state index in [1.54, 1.807) is 30.3 Å². The van der Waals surface area contributed by atoms with Gasteiger partial charge in [-0.15, -0.1) is 11.3 Å². The largest absolute Gasteiger partial charge is 0.493 e. The van der Waals surface area contributed by atoms with Gasteiger partial charge in [-0.1, -0.05) is 23.5 Å². The van der Waals surface area contributed by atoms with Gasteiger partial charge in [0.1, 0.15) is 15.7 Å².